The summed E-state index contributed by atoms with van der Waals surface area (Å²) in [6, 6.07) is 20.0. The summed E-state index contributed by atoms with van der Waals surface area (Å²) in [5.41, 5.74) is 2.56. The second-order valence-corrected chi connectivity index (χ2v) is 6.90. The van der Waals surface area contributed by atoms with Gasteiger partial charge in [0.05, 0.1) is 16.9 Å². The molecule has 0 aliphatic carbocycles. The van der Waals surface area contributed by atoms with E-state index in [1.54, 1.807) is 24.3 Å². The monoisotopic (exact) mass is 393 g/mol. The molecule has 0 spiro atoms. The van der Waals surface area contributed by atoms with Gasteiger partial charge < -0.3 is 15.1 Å². The number of nitrogens with zero attached hydrogens (tertiary/aromatic N) is 2. The van der Waals surface area contributed by atoms with Crippen molar-refractivity contribution in [1.29, 1.82) is 0 Å². The zero-order valence-corrected chi connectivity index (χ0v) is 15.8. The van der Waals surface area contributed by atoms with Crippen LogP contribution in [0, 0.1) is 11.6 Å². The Morgan fingerprint density at radius 2 is 1.38 bits per heavy atom. The van der Waals surface area contributed by atoms with Crippen LogP contribution in [-0.4, -0.2) is 32.1 Å². The molecule has 0 aromatic heterocycles. The third kappa shape index (κ3) is 4.21. The maximum absolute atomic E-state index is 13.9. The number of carbonyl (C=O) groups is 1. The highest BCUT2D eigenvalue weighted by atomic mass is 19.1. The summed E-state index contributed by atoms with van der Waals surface area (Å²) in [5.74, 6) is -1.26. The first kappa shape index (κ1) is 18.9. The van der Waals surface area contributed by atoms with Gasteiger partial charge in [-0.2, -0.15) is 0 Å². The molecule has 3 aromatic rings. The van der Waals surface area contributed by atoms with Gasteiger partial charge in [-0.1, -0.05) is 24.3 Å². The van der Waals surface area contributed by atoms with Crippen molar-refractivity contribution in [1.82, 2.24) is 0 Å². The predicted octanol–water partition coefficient (Wildman–Crippen LogP) is 4.54. The molecule has 4 rings (SSSR count). The van der Waals surface area contributed by atoms with Gasteiger partial charge in [0.15, 0.2) is 0 Å². The molecule has 1 fully saturated rings. The lowest BCUT2D eigenvalue weighted by molar-refractivity contribution is 0.102. The van der Waals surface area contributed by atoms with E-state index in [9.17, 15) is 13.6 Å². The van der Waals surface area contributed by atoms with Gasteiger partial charge in [0, 0.05) is 31.9 Å². The lowest BCUT2D eigenvalue weighted by Gasteiger charge is -2.38. The molecule has 0 saturated carbocycles. The van der Waals surface area contributed by atoms with Gasteiger partial charge in [0.1, 0.15) is 11.6 Å². The van der Waals surface area contributed by atoms with E-state index in [0.717, 1.165) is 37.6 Å². The zero-order chi connectivity index (χ0) is 20.2. The molecular weight excluding hydrogens is 372 g/mol. The van der Waals surface area contributed by atoms with Crippen LogP contribution in [0.4, 0.5) is 25.8 Å². The van der Waals surface area contributed by atoms with E-state index in [1.807, 2.05) is 24.3 Å². The summed E-state index contributed by atoms with van der Waals surface area (Å²) < 4.78 is 27.1. The minimum absolute atomic E-state index is 0.0171. The van der Waals surface area contributed by atoms with Crippen molar-refractivity contribution < 1.29 is 13.6 Å². The number of nitrogens with one attached hydrogen (secondary N) is 1. The van der Waals surface area contributed by atoms with Crippen LogP contribution in [0.5, 0.6) is 0 Å². The van der Waals surface area contributed by atoms with E-state index in [0.29, 0.717) is 5.69 Å². The van der Waals surface area contributed by atoms with Crippen molar-refractivity contribution in [2.24, 2.45) is 0 Å². The van der Waals surface area contributed by atoms with Gasteiger partial charge >= 0.3 is 0 Å². The maximum Gasteiger partial charge on any atom is 0.258 e. The molecule has 1 heterocycles. The molecule has 0 bridgehead atoms. The van der Waals surface area contributed by atoms with E-state index >= 15 is 0 Å². The van der Waals surface area contributed by atoms with E-state index in [1.165, 1.54) is 24.3 Å². The minimum atomic E-state index is -0.546. The van der Waals surface area contributed by atoms with Crippen LogP contribution in [0.15, 0.2) is 72.8 Å². The molecular formula is C23H21F2N3O. The van der Waals surface area contributed by atoms with Crippen LogP contribution in [-0.2, 0) is 0 Å². The van der Waals surface area contributed by atoms with Crippen LogP contribution in [0.3, 0.4) is 0 Å². The van der Waals surface area contributed by atoms with Crippen molar-refractivity contribution in [2.75, 3.05) is 41.3 Å². The van der Waals surface area contributed by atoms with Crippen LogP contribution >= 0.6 is 0 Å². The number of halogens is 2. The highest BCUT2D eigenvalue weighted by molar-refractivity contribution is 6.06. The summed E-state index contributed by atoms with van der Waals surface area (Å²) in [7, 11) is 0. The number of piperazine rings is 1. The summed E-state index contributed by atoms with van der Waals surface area (Å²) in [5, 5.41) is 2.84. The fourth-order valence-electron chi connectivity index (χ4n) is 3.55. The normalized spacial score (nSPS) is 14.0. The minimum Gasteiger partial charge on any atom is -0.368 e. The van der Waals surface area contributed by atoms with E-state index in [2.05, 4.69) is 15.1 Å². The fraction of sp³-hybridized carbons (Fsp3) is 0.174. The zero-order valence-electron chi connectivity index (χ0n) is 15.8. The Hall–Kier alpha value is -3.41. The number of carbonyl (C=O) groups excluding carboxylic acids is 1. The molecule has 0 radical (unpaired) electrons. The number of para-hydroxylation sites is 2. The molecule has 6 heteroatoms. The van der Waals surface area contributed by atoms with Crippen molar-refractivity contribution in [3.8, 4) is 0 Å². The summed E-state index contributed by atoms with van der Waals surface area (Å²) in [6.45, 7) is 3.07. The molecule has 0 atom stereocenters. The molecule has 29 heavy (non-hydrogen) atoms. The highest BCUT2D eigenvalue weighted by Gasteiger charge is 2.21. The number of rotatable bonds is 4. The van der Waals surface area contributed by atoms with Crippen molar-refractivity contribution >= 4 is 23.0 Å². The summed E-state index contributed by atoms with van der Waals surface area (Å²) >= 11 is 0. The summed E-state index contributed by atoms with van der Waals surface area (Å²) in [6.07, 6.45) is 0. The van der Waals surface area contributed by atoms with Gasteiger partial charge in [-0.25, -0.2) is 8.78 Å². The molecule has 148 valence electrons. The summed E-state index contributed by atoms with van der Waals surface area (Å²) in [4.78, 5) is 16.9. The number of benzene rings is 3. The third-order valence-corrected chi connectivity index (χ3v) is 5.08. The maximum atomic E-state index is 13.9. The van der Waals surface area contributed by atoms with Crippen molar-refractivity contribution in [3.63, 3.8) is 0 Å². The Kier molecular flexibility index (Phi) is 5.42. The SMILES string of the molecule is O=C(Nc1ccccc1N1CCN(c2ccc(F)cc2)CC1)c1ccccc1F. The number of hydrogen-bond donors (Lipinski definition) is 1. The number of anilines is 3. The van der Waals surface area contributed by atoms with Gasteiger partial charge in [-0.15, -0.1) is 0 Å². The van der Waals surface area contributed by atoms with Gasteiger partial charge in [0.2, 0.25) is 0 Å². The van der Waals surface area contributed by atoms with E-state index < -0.39 is 11.7 Å². The first-order chi connectivity index (χ1) is 14.1. The van der Waals surface area contributed by atoms with Crippen LogP contribution in [0.2, 0.25) is 0 Å². The topological polar surface area (TPSA) is 35.6 Å². The number of hydrogen-bond acceptors (Lipinski definition) is 3. The van der Waals surface area contributed by atoms with E-state index in [4.69, 9.17) is 0 Å². The molecule has 1 amide bonds. The molecule has 3 aromatic carbocycles. The van der Waals surface area contributed by atoms with Crippen LogP contribution in [0.25, 0.3) is 0 Å². The molecule has 0 unspecified atom stereocenters. The second kappa shape index (κ2) is 8.31. The lowest BCUT2D eigenvalue weighted by atomic mass is 10.1. The first-order valence-electron chi connectivity index (χ1n) is 9.52. The molecule has 1 saturated heterocycles. The molecule has 1 aliphatic heterocycles. The highest BCUT2D eigenvalue weighted by Crippen LogP contribution is 2.28. The van der Waals surface area contributed by atoms with Gasteiger partial charge in [-0.3, -0.25) is 4.79 Å². The molecule has 4 nitrogen and oxygen atoms in total. The Morgan fingerprint density at radius 3 is 2.10 bits per heavy atom. The average Bonchev–Trinajstić information content (AvgIpc) is 2.75. The van der Waals surface area contributed by atoms with E-state index in [-0.39, 0.29) is 11.4 Å². The fourth-order valence-corrected chi connectivity index (χ4v) is 3.55. The average molecular weight is 393 g/mol. The molecule has 1 N–H and O–H groups in total. The van der Waals surface area contributed by atoms with Crippen molar-refractivity contribution in [2.45, 2.75) is 0 Å². The Balaban J connectivity index is 1.47. The molecule has 1 aliphatic rings. The van der Waals surface area contributed by atoms with Gasteiger partial charge in [0.25, 0.3) is 5.91 Å². The Bertz CT molecular complexity index is 999. The quantitative estimate of drug-likeness (QED) is 0.707. The van der Waals surface area contributed by atoms with Crippen LogP contribution in [0.1, 0.15) is 10.4 Å². The Morgan fingerprint density at radius 1 is 0.759 bits per heavy atom. The third-order valence-electron chi connectivity index (χ3n) is 5.08. The standard InChI is InChI=1S/C23H21F2N3O/c24-17-9-11-18(12-10-17)27-13-15-28(16-14-27)22-8-4-3-7-21(22)26-23(29)19-5-1-2-6-20(19)25/h1-12H,13-16H2,(H,26,29). The van der Waals surface area contributed by atoms with Crippen molar-refractivity contribution in [3.05, 3.63) is 90.0 Å². The Labute approximate surface area is 168 Å². The van der Waals surface area contributed by atoms with Gasteiger partial charge in [-0.05, 0) is 48.5 Å². The predicted molar refractivity (Wildman–Crippen MR) is 112 cm³/mol. The van der Waals surface area contributed by atoms with Crippen LogP contribution < -0.4 is 15.1 Å². The number of amides is 1. The second-order valence-electron chi connectivity index (χ2n) is 6.90. The largest absolute Gasteiger partial charge is 0.368 e. The smallest absolute Gasteiger partial charge is 0.258 e. The first-order valence-corrected chi connectivity index (χ1v) is 9.52. The lowest BCUT2D eigenvalue weighted by Crippen LogP contribution is -2.46.